The van der Waals surface area contributed by atoms with Gasteiger partial charge in [-0.1, -0.05) is 0 Å². The molecule has 0 radical (unpaired) electrons. The summed E-state index contributed by atoms with van der Waals surface area (Å²) in [4.78, 5) is 29.2. The fraction of sp³-hybridized carbons (Fsp3) is 0.688. The summed E-state index contributed by atoms with van der Waals surface area (Å²) in [6, 6.07) is 0. The number of imidazole rings is 1. The van der Waals surface area contributed by atoms with E-state index in [9.17, 15) is 14.7 Å². The Balaban J connectivity index is 2.02. The molecule has 2 fully saturated rings. The van der Waals surface area contributed by atoms with Crippen LogP contribution in [0.25, 0.3) is 11.2 Å². The van der Waals surface area contributed by atoms with Crippen molar-refractivity contribution in [1.82, 2.24) is 18.7 Å². The third-order valence-electron chi connectivity index (χ3n) is 5.18. The van der Waals surface area contributed by atoms with Gasteiger partial charge in [-0.25, -0.2) is 9.78 Å². The number of hydrogen-bond acceptors (Lipinski definition) is 7. The van der Waals surface area contributed by atoms with Gasteiger partial charge in [-0.2, -0.15) is 0 Å². The van der Waals surface area contributed by atoms with Crippen LogP contribution in [0.1, 0.15) is 20.8 Å². The number of aryl methyl sites for hydroxylation is 1. The Labute approximate surface area is 148 Å². The first-order valence-electron chi connectivity index (χ1n) is 8.40. The van der Waals surface area contributed by atoms with E-state index in [0.717, 1.165) is 4.57 Å². The molecule has 142 valence electrons. The first kappa shape index (κ1) is 17.4. The fourth-order valence-corrected chi connectivity index (χ4v) is 3.84. The van der Waals surface area contributed by atoms with Gasteiger partial charge in [-0.3, -0.25) is 18.5 Å². The maximum absolute atomic E-state index is 12.8. The molecule has 2 aliphatic heterocycles. The lowest BCUT2D eigenvalue weighted by molar-refractivity contribution is -0.227. The summed E-state index contributed by atoms with van der Waals surface area (Å²) in [5.41, 5.74) is -1.83. The molecule has 0 aliphatic carbocycles. The molecule has 0 amide bonds. The van der Waals surface area contributed by atoms with Crippen molar-refractivity contribution in [2.24, 2.45) is 14.1 Å². The zero-order valence-electron chi connectivity index (χ0n) is 15.3. The lowest BCUT2D eigenvalue weighted by Crippen LogP contribution is -2.60. The van der Waals surface area contributed by atoms with Crippen LogP contribution < -0.4 is 11.2 Å². The third kappa shape index (κ3) is 2.10. The molecule has 4 atom stereocenters. The van der Waals surface area contributed by atoms with E-state index >= 15 is 0 Å². The summed E-state index contributed by atoms with van der Waals surface area (Å²) in [7, 11) is 2.95. The topological polar surface area (TPSA) is 110 Å². The molecule has 0 aromatic carbocycles. The van der Waals surface area contributed by atoms with E-state index in [1.165, 1.54) is 22.5 Å². The average molecular weight is 366 g/mol. The van der Waals surface area contributed by atoms with Gasteiger partial charge in [0.2, 0.25) is 5.72 Å². The van der Waals surface area contributed by atoms with Crippen molar-refractivity contribution >= 4 is 11.2 Å². The molecule has 2 aliphatic rings. The van der Waals surface area contributed by atoms with E-state index in [0.29, 0.717) is 0 Å². The average Bonchev–Trinajstić information content (AvgIpc) is 3.14. The van der Waals surface area contributed by atoms with Crippen molar-refractivity contribution in [3.05, 3.63) is 27.2 Å². The summed E-state index contributed by atoms with van der Waals surface area (Å²) < 4.78 is 21.7. The van der Waals surface area contributed by atoms with Crippen LogP contribution in [-0.2, 0) is 34.0 Å². The minimum absolute atomic E-state index is 0.0662. The molecule has 2 aromatic rings. The largest absolute Gasteiger partial charge is 0.388 e. The lowest BCUT2D eigenvalue weighted by atomic mass is 9.95. The van der Waals surface area contributed by atoms with Crippen LogP contribution in [0.4, 0.5) is 0 Å². The van der Waals surface area contributed by atoms with Crippen LogP contribution in [0.15, 0.2) is 15.9 Å². The lowest BCUT2D eigenvalue weighted by Gasteiger charge is -2.42. The van der Waals surface area contributed by atoms with Crippen LogP contribution >= 0.6 is 0 Å². The normalized spacial score (nSPS) is 33.5. The van der Waals surface area contributed by atoms with Crippen molar-refractivity contribution in [1.29, 1.82) is 0 Å². The summed E-state index contributed by atoms with van der Waals surface area (Å²) in [5, 5.41) is 10.6. The highest BCUT2D eigenvalue weighted by Gasteiger charge is 2.61. The van der Waals surface area contributed by atoms with Gasteiger partial charge < -0.3 is 19.3 Å². The van der Waals surface area contributed by atoms with E-state index in [2.05, 4.69) is 4.98 Å². The maximum atomic E-state index is 12.8. The minimum atomic E-state index is -1.27. The number of hydrogen-bond donors (Lipinski definition) is 1. The third-order valence-corrected chi connectivity index (χ3v) is 5.18. The molecule has 4 rings (SSSR count). The first-order valence-corrected chi connectivity index (χ1v) is 8.40. The molecule has 4 unspecified atom stereocenters. The molecule has 0 saturated carbocycles. The molecule has 26 heavy (non-hydrogen) atoms. The second-order valence-corrected chi connectivity index (χ2v) is 7.38. The molecule has 2 aromatic heterocycles. The van der Waals surface area contributed by atoms with E-state index in [1.807, 2.05) is 0 Å². The smallest absolute Gasteiger partial charge is 0.332 e. The van der Waals surface area contributed by atoms with Gasteiger partial charge in [-0.15, -0.1) is 0 Å². The van der Waals surface area contributed by atoms with E-state index in [4.69, 9.17) is 14.2 Å². The second-order valence-electron chi connectivity index (χ2n) is 7.38. The standard InChI is InChI=1S/C16H22N4O6/c1-8-10(21)11-16(6-24-8,26-15(2,3)25-11)20-7-17-12-9(20)13(22)19(5)14(23)18(12)4/h7-8,10-11,21H,6H2,1-5H3. The van der Waals surface area contributed by atoms with Crippen LogP contribution in [0.3, 0.4) is 0 Å². The van der Waals surface area contributed by atoms with Gasteiger partial charge in [0.25, 0.3) is 5.56 Å². The molecule has 10 nitrogen and oxygen atoms in total. The quantitative estimate of drug-likeness (QED) is 0.691. The molecule has 10 heteroatoms. The number of rotatable bonds is 1. The second kappa shape index (κ2) is 5.26. The highest BCUT2D eigenvalue weighted by molar-refractivity contribution is 5.70. The molecule has 4 heterocycles. The van der Waals surface area contributed by atoms with Gasteiger partial charge >= 0.3 is 5.69 Å². The number of nitrogens with zero attached hydrogens (tertiary/aromatic N) is 4. The predicted octanol–water partition coefficient (Wildman–Crippen LogP) is -0.982. The van der Waals surface area contributed by atoms with Gasteiger partial charge in [0.15, 0.2) is 17.0 Å². The van der Waals surface area contributed by atoms with Gasteiger partial charge in [0.05, 0.1) is 12.7 Å². The van der Waals surface area contributed by atoms with Crippen molar-refractivity contribution in [3.63, 3.8) is 0 Å². The van der Waals surface area contributed by atoms with Crippen molar-refractivity contribution in [2.75, 3.05) is 6.61 Å². The van der Waals surface area contributed by atoms with Crippen LogP contribution in [0.5, 0.6) is 0 Å². The molecule has 0 bridgehead atoms. The van der Waals surface area contributed by atoms with E-state index < -0.39 is 41.1 Å². The number of fused-ring (bicyclic) bond motifs is 2. The zero-order chi connectivity index (χ0) is 19.0. The monoisotopic (exact) mass is 366 g/mol. The number of aromatic nitrogens is 4. The highest BCUT2D eigenvalue weighted by atomic mass is 16.8. The van der Waals surface area contributed by atoms with Gasteiger partial charge in [0, 0.05) is 14.1 Å². The number of aliphatic hydroxyl groups excluding tert-OH is 1. The minimum Gasteiger partial charge on any atom is -0.388 e. The first-order chi connectivity index (χ1) is 12.1. The summed E-state index contributed by atoms with van der Waals surface area (Å²) in [5.74, 6) is -0.998. The molecular formula is C16H22N4O6. The van der Waals surface area contributed by atoms with E-state index in [1.54, 1.807) is 27.8 Å². The van der Waals surface area contributed by atoms with Crippen LogP contribution in [0, 0.1) is 0 Å². The summed E-state index contributed by atoms with van der Waals surface area (Å²) in [6.07, 6.45) is -0.748. The SMILES string of the molecule is CC1OCC2(n3cnc4c3c(=O)n(C)c(=O)n4C)OC(C)(C)OC2C1O. The Hall–Kier alpha value is -2.01. The van der Waals surface area contributed by atoms with E-state index in [-0.39, 0.29) is 17.8 Å². The summed E-state index contributed by atoms with van der Waals surface area (Å²) in [6.45, 7) is 5.28. The zero-order valence-corrected chi connectivity index (χ0v) is 15.3. The number of ether oxygens (including phenoxy) is 3. The van der Waals surface area contributed by atoms with Gasteiger partial charge in [0.1, 0.15) is 18.5 Å². The molecule has 2 saturated heterocycles. The molecular weight excluding hydrogens is 344 g/mol. The Kier molecular flexibility index (Phi) is 3.52. The predicted molar refractivity (Wildman–Crippen MR) is 89.6 cm³/mol. The molecule has 0 spiro atoms. The van der Waals surface area contributed by atoms with Crippen LogP contribution in [0.2, 0.25) is 0 Å². The highest BCUT2D eigenvalue weighted by Crippen LogP contribution is 2.45. The Morgan fingerprint density at radius 2 is 1.96 bits per heavy atom. The van der Waals surface area contributed by atoms with Crippen molar-refractivity contribution in [2.45, 2.75) is 50.6 Å². The Morgan fingerprint density at radius 3 is 2.65 bits per heavy atom. The Bertz CT molecular complexity index is 1000. The van der Waals surface area contributed by atoms with Gasteiger partial charge in [-0.05, 0) is 20.8 Å². The number of aliphatic hydroxyl groups is 1. The maximum Gasteiger partial charge on any atom is 0.332 e. The Morgan fingerprint density at radius 1 is 1.27 bits per heavy atom. The fourth-order valence-electron chi connectivity index (χ4n) is 3.84. The van der Waals surface area contributed by atoms with Crippen LogP contribution in [-0.4, -0.2) is 54.5 Å². The van der Waals surface area contributed by atoms with Crippen molar-refractivity contribution < 1.29 is 19.3 Å². The summed E-state index contributed by atoms with van der Waals surface area (Å²) >= 11 is 0. The molecule has 1 N–H and O–H groups in total. The van der Waals surface area contributed by atoms with Crippen molar-refractivity contribution in [3.8, 4) is 0 Å².